The number of aromatic nitrogens is 1. The molecule has 6 nitrogen and oxygen atoms in total. The van der Waals surface area contributed by atoms with E-state index in [4.69, 9.17) is 16.3 Å². The van der Waals surface area contributed by atoms with Gasteiger partial charge in [-0.2, -0.15) is 0 Å². The molecule has 2 aromatic rings. The number of ether oxygens (including phenoxy) is 1. The molecule has 0 atom stereocenters. The monoisotopic (exact) mass is 380 g/mol. The van der Waals surface area contributed by atoms with Gasteiger partial charge in [-0.05, 0) is 39.0 Å². The van der Waals surface area contributed by atoms with Gasteiger partial charge in [0.1, 0.15) is 10.8 Å². The second-order valence-corrected chi connectivity index (χ2v) is 7.83. The molecule has 0 aliphatic carbocycles. The Kier molecular flexibility index (Phi) is 6.13. The molecule has 0 saturated heterocycles. The number of halogens is 1. The van der Waals surface area contributed by atoms with E-state index >= 15 is 0 Å². The van der Waals surface area contributed by atoms with Gasteiger partial charge >= 0.3 is 6.09 Å². The van der Waals surface area contributed by atoms with Gasteiger partial charge in [-0.15, -0.1) is 0 Å². The highest BCUT2D eigenvalue weighted by molar-refractivity contribution is 7.98. The first kappa shape index (κ1) is 19.3. The topological polar surface area (TPSA) is 66.8 Å². The Morgan fingerprint density at radius 2 is 2.08 bits per heavy atom. The molecule has 1 heterocycles. The van der Waals surface area contributed by atoms with Crippen LogP contribution in [0.25, 0.3) is 10.8 Å². The molecule has 0 spiro atoms. The highest BCUT2D eigenvalue weighted by atomic mass is 35.5. The molecule has 1 aromatic heterocycles. The number of hydrogen-bond donors (Lipinski definition) is 1. The molecule has 0 aliphatic rings. The summed E-state index contributed by atoms with van der Waals surface area (Å²) in [7, 11) is 3.78. The maximum atomic E-state index is 12.0. The zero-order chi connectivity index (χ0) is 18.6. The molecular weight excluding hydrogens is 360 g/mol. The smallest absolute Gasteiger partial charge is 0.412 e. The van der Waals surface area contributed by atoms with Crippen molar-refractivity contribution in [2.75, 3.05) is 19.4 Å². The van der Waals surface area contributed by atoms with Gasteiger partial charge in [-0.1, -0.05) is 11.6 Å². The van der Waals surface area contributed by atoms with Crippen molar-refractivity contribution in [1.29, 1.82) is 0 Å². The van der Waals surface area contributed by atoms with Crippen LogP contribution in [0.15, 0.2) is 33.7 Å². The van der Waals surface area contributed by atoms with Gasteiger partial charge in [0.25, 0.3) is 0 Å². The minimum atomic E-state index is -0.566. The number of rotatable bonds is 4. The van der Waals surface area contributed by atoms with E-state index in [0.717, 1.165) is 15.7 Å². The third-order valence-corrected chi connectivity index (χ3v) is 3.78. The van der Waals surface area contributed by atoms with Crippen molar-refractivity contribution in [3.05, 3.63) is 29.5 Å². The first-order chi connectivity index (χ1) is 11.6. The van der Waals surface area contributed by atoms with Crippen LogP contribution in [-0.4, -0.2) is 42.0 Å². The molecule has 0 bridgehead atoms. The van der Waals surface area contributed by atoms with Crippen molar-refractivity contribution in [2.24, 2.45) is 4.40 Å². The molecule has 0 unspecified atom stereocenters. The van der Waals surface area contributed by atoms with E-state index in [0.29, 0.717) is 10.8 Å². The first-order valence-electron chi connectivity index (χ1n) is 7.60. The van der Waals surface area contributed by atoms with Crippen LogP contribution in [0.5, 0.6) is 0 Å². The number of anilines is 1. The molecule has 1 aromatic carbocycles. The first-order valence-corrected chi connectivity index (χ1v) is 8.75. The van der Waals surface area contributed by atoms with Crippen LogP contribution in [0.2, 0.25) is 5.15 Å². The lowest BCUT2D eigenvalue weighted by atomic mass is 10.1. The Morgan fingerprint density at radius 1 is 1.36 bits per heavy atom. The number of nitrogens with one attached hydrogen (secondary N) is 1. The number of carbonyl (C=O) groups is 1. The Hall–Kier alpha value is -1.99. The Morgan fingerprint density at radius 3 is 2.72 bits per heavy atom. The molecule has 0 fully saturated rings. The fourth-order valence-electron chi connectivity index (χ4n) is 1.94. The molecule has 2 rings (SSSR count). The normalized spacial score (nSPS) is 11.8. The second kappa shape index (κ2) is 7.93. The maximum absolute atomic E-state index is 12.0. The van der Waals surface area contributed by atoms with Gasteiger partial charge in [-0.25, -0.2) is 14.2 Å². The summed E-state index contributed by atoms with van der Waals surface area (Å²) in [5.41, 5.74) is 0.0391. The lowest BCUT2D eigenvalue weighted by molar-refractivity contribution is 0.0636. The van der Waals surface area contributed by atoms with Gasteiger partial charge in [0.15, 0.2) is 0 Å². The molecule has 0 radical (unpaired) electrons. The SMILES string of the molecule is CN(C)/C=N/Sc1cc(NC(=O)OC(C)(C)C)cc2cnc(Cl)cc12. The standard InChI is InChI=1S/C17H21ClN4O2S/c1-17(2,3)24-16(23)21-12-6-11-9-19-15(18)8-13(11)14(7-12)25-20-10-22(4)5/h6-10H,1-5H3,(H,21,23)/b20-10+. The predicted molar refractivity (Wildman–Crippen MR) is 105 cm³/mol. The number of hydrogen-bond acceptors (Lipinski definition) is 5. The summed E-state index contributed by atoms with van der Waals surface area (Å²) in [5, 5.41) is 4.91. The minimum Gasteiger partial charge on any atom is -0.444 e. The van der Waals surface area contributed by atoms with Crippen LogP contribution in [0.3, 0.4) is 0 Å². The van der Waals surface area contributed by atoms with Crippen LogP contribution >= 0.6 is 23.5 Å². The summed E-state index contributed by atoms with van der Waals surface area (Å²) in [4.78, 5) is 18.8. The van der Waals surface area contributed by atoms with Crippen LogP contribution in [0, 0.1) is 0 Å². The van der Waals surface area contributed by atoms with Gasteiger partial charge in [-0.3, -0.25) is 5.32 Å². The van der Waals surface area contributed by atoms with Crippen molar-refractivity contribution in [3.63, 3.8) is 0 Å². The van der Waals surface area contributed by atoms with Gasteiger partial charge in [0.05, 0.1) is 6.34 Å². The Labute approximate surface area is 156 Å². The maximum Gasteiger partial charge on any atom is 0.412 e. The van der Waals surface area contributed by atoms with E-state index in [1.807, 2.05) is 51.9 Å². The van der Waals surface area contributed by atoms with Crippen LogP contribution < -0.4 is 5.32 Å². The summed E-state index contributed by atoms with van der Waals surface area (Å²) in [6, 6.07) is 5.43. The highest BCUT2D eigenvalue weighted by Gasteiger charge is 2.17. The van der Waals surface area contributed by atoms with Gasteiger partial charge < -0.3 is 9.64 Å². The molecule has 1 amide bonds. The Bertz CT molecular complexity index is 803. The number of benzene rings is 1. The third kappa shape index (κ3) is 6.10. The zero-order valence-corrected chi connectivity index (χ0v) is 16.4. The van der Waals surface area contributed by atoms with E-state index in [9.17, 15) is 4.79 Å². The average Bonchev–Trinajstić information content (AvgIpc) is 2.45. The highest BCUT2D eigenvalue weighted by Crippen LogP contribution is 2.33. The molecule has 25 heavy (non-hydrogen) atoms. The Balaban J connectivity index is 2.35. The molecule has 8 heteroatoms. The summed E-state index contributed by atoms with van der Waals surface area (Å²) in [5.74, 6) is 0. The molecular formula is C17H21ClN4O2S. The average molecular weight is 381 g/mol. The number of nitrogens with zero attached hydrogens (tertiary/aromatic N) is 3. The van der Waals surface area contributed by atoms with Crippen LogP contribution in [-0.2, 0) is 4.74 Å². The lowest BCUT2D eigenvalue weighted by Gasteiger charge is -2.20. The summed E-state index contributed by atoms with van der Waals surface area (Å²) < 4.78 is 9.61. The van der Waals surface area contributed by atoms with E-state index in [-0.39, 0.29) is 0 Å². The second-order valence-electron chi connectivity index (χ2n) is 6.61. The largest absolute Gasteiger partial charge is 0.444 e. The molecule has 0 aliphatic heterocycles. The number of carbonyl (C=O) groups excluding carboxylic acids is 1. The van der Waals surface area contributed by atoms with Crippen LogP contribution in [0.1, 0.15) is 20.8 Å². The minimum absolute atomic E-state index is 0.402. The van der Waals surface area contributed by atoms with Gasteiger partial charge in [0.2, 0.25) is 0 Å². The van der Waals surface area contributed by atoms with Crippen molar-refractivity contribution in [3.8, 4) is 0 Å². The van der Waals surface area contributed by atoms with E-state index in [1.54, 1.807) is 18.6 Å². The molecule has 134 valence electrons. The summed E-state index contributed by atoms with van der Waals surface area (Å²) in [6.07, 6.45) is 2.85. The third-order valence-electron chi connectivity index (χ3n) is 2.84. The summed E-state index contributed by atoms with van der Waals surface area (Å²) >= 11 is 7.31. The van der Waals surface area contributed by atoms with Crippen molar-refractivity contribution in [2.45, 2.75) is 31.3 Å². The van der Waals surface area contributed by atoms with Gasteiger partial charge in [0, 0.05) is 53.6 Å². The van der Waals surface area contributed by atoms with E-state index in [1.165, 1.54) is 11.9 Å². The van der Waals surface area contributed by atoms with E-state index in [2.05, 4.69) is 14.7 Å². The van der Waals surface area contributed by atoms with E-state index < -0.39 is 11.7 Å². The fraction of sp³-hybridized carbons (Fsp3) is 0.353. The predicted octanol–water partition coefficient (Wildman–Crippen LogP) is 4.83. The zero-order valence-electron chi connectivity index (χ0n) is 14.8. The van der Waals surface area contributed by atoms with Crippen molar-refractivity contribution < 1.29 is 9.53 Å². The lowest BCUT2D eigenvalue weighted by Crippen LogP contribution is -2.27. The summed E-state index contributed by atoms with van der Waals surface area (Å²) in [6.45, 7) is 5.45. The number of pyridine rings is 1. The fourth-order valence-corrected chi connectivity index (χ4v) is 2.90. The number of amides is 1. The molecule has 1 N–H and O–H groups in total. The van der Waals surface area contributed by atoms with Crippen molar-refractivity contribution in [1.82, 2.24) is 9.88 Å². The quantitative estimate of drug-likeness (QED) is 0.356. The number of fused-ring (bicyclic) bond motifs is 1. The van der Waals surface area contributed by atoms with Crippen molar-refractivity contribution >= 4 is 52.4 Å². The van der Waals surface area contributed by atoms with Crippen LogP contribution in [0.4, 0.5) is 10.5 Å². The molecule has 0 saturated carbocycles.